The second-order valence-electron chi connectivity index (χ2n) is 3.23. The molecular weight excluding hydrogens is 208 g/mol. The molecule has 0 unspecified atom stereocenters. The van der Waals surface area contributed by atoms with E-state index in [4.69, 9.17) is 0 Å². The van der Waals surface area contributed by atoms with Crippen LogP contribution in [0.2, 0.25) is 0 Å². The second kappa shape index (κ2) is 4.47. The van der Waals surface area contributed by atoms with Gasteiger partial charge in [0.1, 0.15) is 0 Å². The van der Waals surface area contributed by atoms with Crippen LogP contribution in [-0.4, -0.2) is 31.5 Å². The zero-order valence-corrected chi connectivity index (χ0v) is 8.64. The van der Waals surface area contributed by atoms with Crippen molar-refractivity contribution in [1.82, 2.24) is 30.9 Å². The summed E-state index contributed by atoms with van der Waals surface area (Å²) in [7, 11) is 0. The molecule has 0 aliphatic rings. The van der Waals surface area contributed by atoms with Gasteiger partial charge in [0.15, 0.2) is 0 Å². The topological polar surface area (TPSA) is 96.5 Å². The number of aromatic amines is 1. The molecule has 0 aliphatic carbocycles. The molecule has 2 heterocycles. The van der Waals surface area contributed by atoms with Crippen molar-refractivity contribution in [3.63, 3.8) is 0 Å². The Morgan fingerprint density at radius 1 is 1.50 bits per heavy atom. The first-order chi connectivity index (χ1) is 7.75. The van der Waals surface area contributed by atoms with E-state index in [2.05, 4.69) is 30.9 Å². The molecule has 1 amide bonds. The number of rotatable bonds is 3. The van der Waals surface area contributed by atoms with Gasteiger partial charge in [0, 0.05) is 18.4 Å². The summed E-state index contributed by atoms with van der Waals surface area (Å²) in [5.74, 6) is -0.339. The van der Waals surface area contributed by atoms with Crippen LogP contribution < -0.4 is 5.32 Å². The Labute approximate surface area is 91.3 Å². The average Bonchev–Trinajstić information content (AvgIpc) is 2.81. The molecule has 2 N–H and O–H groups in total. The van der Waals surface area contributed by atoms with Gasteiger partial charge >= 0.3 is 0 Å². The molecule has 16 heavy (non-hydrogen) atoms. The summed E-state index contributed by atoms with van der Waals surface area (Å²) in [4.78, 5) is 15.5. The maximum absolute atomic E-state index is 11.4. The number of nitrogens with one attached hydrogen (secondary N) is 2. The number of carbonyl (C=O) groups is 1. The van der Waals surface area contributed by atoms with E-state index in [9.17, 15) is 4.79 Å². The van der Waals surface area contributed by atoms with Crippen LogP contribution in [0.5, 0.6) is 0 Å². The van der Waals surface area contributed by atoms with Gasteiger partial charge in [-0.15, -0.1) is 10.2 Å². The van der Waals surface area contributed by atoms with Crippen LogP contribution in [0.25, 0.3) is 0 Å². The number of amides is 1. The van der Waals surface area contributed by atoms with Crippen molar-refractivity contribution in [3.8, 4) is 0 Å². The molecule has 0 aliphatic heterocycles. The first-order valence-corrected chi connectivity index (χ1v) is 4.69. The van der Waals surface area contributed by atoms with Crippen molar-refractivity contribution >= 4 is 5.91 Å². The molecule has 0 spiro atoms. The molecule has 0 atom stereocenters. The van der Waals surface area contributed by atoms with Gasteiger partial charge in [-0.2, -0.15) is 5.21 Å². The molecular formula is C9H10N6O. The molecule has 0 fully saturated rings. The molecule has 0 saturated heterocycles. The molecule has 0 radical (unpaired) electrons. The number of tetrazole rings is 1. The minimum absolute atomic E-state index is 0.0278. The van der Waals surface area contributed by atoms with Crippen LogP contribution in [0.15, 0.2) is 18.3 Å². The number of hydrogen-bond donors (Lipinski definition) is 2. The summed E-state index contributed by atoms with van der Waals surface area (Å²) in [5, 5.41) is 15.3. The van der Waals surface area contributed by atoms with Gasteiger partial charge in [-0.3, -0.25) is 9.78 Å². The summed E-state index contributed by atoms with van der Waals surface area (Å²) < 4.78 is 0. The lowest BCUT2D eigenvalue weighted by Crippen LogP contribution is -2.24. The normalized spacial score (nSPS) is 10.1. The molecule has 7 heteroatoms. The molecule has 7 nitrogen and oxygen atoms in total. The first kappa shape index (κ1) is 10.2. The monoisotopic (exact) mass is 218 g/mol. The second-order valence-corrected chi connectivity index (χ2v) is 3.23. The largest absolute Gasteiger partial charge is 0.345 e. The van der Waals surface area contributed by atoms with Crippen LogP contribution in [0, 0.1) is 6.92 Å². The van der Waals surface area contributed by atoms with Gasteiger partial charge < -0.3 is 5.32 Å². The van der Waals surface area contributed by atoms with Gasteiger partial charge in [0.2, 0.25) is 0 Å². The number of hydrogen-bond acceptors (Lipinski definition) is 5. The van der Waals surface area contributed by atoms with Crippen molar-refractivity contribution in [2.45, 2.75) is 13.5 Å². The Bertz CT molecular complexity index is 463. The lowest BCUT2D eigenvalue weighted by atomic mass is 10.2. The zero-order chi connectivity index (χ0) is 11.4. The highest BCUT2D eigenvalue weighted by Gasteiger charge is 2.09. The summed E-state index contributed by atoms with van der Waals surface area (Å²) in [5.41, 5.74) is 1.86. The fourth-order valence-electron chi connectivity index (χ4n) is 1.12. The number of aryl methyl sites for hydroxylation is 1. The van der Waals surface area contributed by atoms with Crippen LogP contribution in [-0.2, 0) is 6.54 Å². The van der Waals surface area contributed by atoms with Crippen molar-refractivity contribution in [1.29, 1.82) is 0 Å². The third-order valence-corrected chi connectivity index (χ3v) is 1.97. The predicted octanol–water partition coefficient (Wildman–Crippen LogP) is -0.167. The fraction of sp³-hybridized carbons (Fsp3) is 0.222. The molecule has 2 aromatic rings. The number of H-pyrrole nitrogens is 1. The molecule has 0 aromatic carbocycles. The fourth-order valence-corrected chi connectivity index (χ4v) is 1.12. The van der Waals surface area contributed by atoms with Crippen LogP contribution in [0.1, 0.15) is 21.9 Å². The van der Waals surface area contributed by atoms with E-state index >= 15 is 0 Å². The highest BCUT2D eigenvalue weighted by atomic mass is 16.2. The van der Waals surface area contributed by atoms with Gasteiger partial charge in [0.25, 0.3) is 11.7 Å². The van der Waals surface area contributed by atoms with E-state index in [1.54, 1.807) is 6.20 Å². The standard InChI is InChI=1S/C9H10N6O/c1-6-2-3-7(4-10-6)5-11-9(16)8-12-14-15-13-8/h2-4H,5H2,1H3,(H,11,16)(H,12,13,14,15). The smallest absolute Gasteiger partial charge is 0.293 e. The molecule has 82 valence electrons. The Hall–Kier alpha value is -2.31. The summed E-state index contributed by atoms with van der Waals surface area (Å²) in [6.45, 7) is 2.29. The van der Waals surface area contributed by atoms with Crippen LogP contribution in [0.3, 0.4) is 0 Å². The van der Waals surface area contributed by atoms with E-state index in [0.717, 1.165) is 11.3 Å². The highest BCUT2D eigenvalue weighted by Crippen LogP contribution is 1.98. The van der Waals surface area contributed by atoms with Gasteiger partial charge in [-0.1, -0.05) is 6.07 Å². The Balaban J connectivity index is 1.93. The minimum atomic E-state index is -0.366. The van der Waals surface area contributed by atoms with Crippen LogP contribution in [0.4, 0.5) is 0 Å². The number of carbonyl (C=O) groups excluding carboxylic acids is 1. The van der Waals surface area contributed by atoms with Crippen molar-refractivity contribution in [2.75, 3.05) is 0 Å². The van der Waals surface area contributed by atoms with Gasteiger partial charge in [0.05, 0.1) is 0 Å². The van der Waals surface area contributed by atoms with E-state index in [0.29, 0.717) is 6.54 Å². The quantitative estimate of drug-likeness (QED) is 0.745. The lowest BCUT2D eigenvalue weighted by molar-refractivity contribution is 0.0940. The third-order valence-electron chi connectivity index (χ3n) is 1.97. The van der Waals surface area contributed by atoms with Gasteiger partial charge in [-0.25, -0.2) is 0 Å². The number of pyridine rings is 1. The Morgan fingerprint density at radius 2 is 2.38 bits per heavy atom. The summed E-state index contributed by atoms with van der Waals surface area (Å²) >= 11 is 0. The van der Waals surface area contributed by atoms with E-state index in [-0.39, 0.29) is 11.7 Å². The maximum atomic E-state index is 11.4. The van der Waals surface area contributed by atoms with Crippen molar-refractivity contribution in [2.24, 2.45) is 0 Å². The zero-order valence-electron chi connectivity index (χ0n) is 8.64. The molecule has 0 saturated carbocycles. The number of nitrogens with zero attached hydrogens (tertiary/aromatic N) is 4. The highest BCUT2D eigenvalue weighted by molar-refractivity contribution is 5.89. The van der Waals surface area contributed by atoms with Crippen LogP contribution >= 0.6 is 0 Å². The first-order valence-electron chi connectivity index (χ1n) is 4.69. The maximum Gasteiger partial charge on any atom is 0.293 e. The average molecular weight is 218 g/mol. The predicted molar refractivity (Wildman–Crippen MR) is 54.3 cm³/mol. The lowest BCUT2D eigenvalue weighted by Gasteiger charge is -2.02. The van der Waals surface area contributed by atoms with E-state index in [1.165, 1.54) is 0 Å². The number of aromatic nitrogens is 5. The minimum Gasteiger partial charge on any atom is -0.345 e. The van der Waals surface area contributed by atoms with Gasteiger partial charge in [-0.05, 0) is 23.8 Å². The van der Waals surface area contributed by atoms with Crippen molar-refractivity contribution in [3.05, 3.63) is 35.4 Å². The SMILES string of the molecule is Cc1ccc(CNC(=O)c2nn[nH]n2)cn1. The van der Waals surface area contributed by atoms with Crippen molar-refractivity contribution < 1.29 is 4.79 Å². The Morgan fingerprint density at radius 3 is 3.00 bits per heavy atom. The molecule has 2 rings (SSSR count). The summed E-state index contributed by atoms with van der Waals surface area (Å²) in [6, 6.07) is 3.79. The van der Waals surface area contributed by atoms with E-state index in [1.807, 2.05) is 19.1 Å². The molecule has 2 aromatic heterocycles. The summed E-state index contributed by atoms with van der Waals surface area (Å²) in [6.07, 6.45) is 1.71. The molecule has 0 bridgehead atoms. The van der Waals surface area contributed by atoms with E-state index < -0.39 is 0 Å². The third kappa shape index (κ3) is 2.38. The Kier molecular flexibility index (Phi) is 2.86.